The van der Waals surface area contributed by atoms with Crippen LogP contribution in [0.15, 0.2) is 83.6 Å². The fraction of sp³-hybridized carbons (Fsp3) is 0.143. The Balaban J connectivity index is 1.99. The molecule has 0 saturated heterocycles. The van der Waals surface area contributed by atoms with E-state index in [9.17, 15) is 0 Å². The van der Waals surface area contributed by atoms with Gasteiger partial charge in [-0.05, 0) is 37.5 Å². The molecule has 6 nitrogen and oxygen atoms in total. The molecular weight excluding hydrogens is 336 g/mol. The fourth-order valence-electron chi connectivity index (χ4n) is 2.37. The van der Waals surface area contributed by atoms with Gasteiger partial charge in [0.2, 0.25) is 0 Å². The van der Waals surface area contributed by atoms with Gasteiger partial charge in [-0.2, -0.15) is 0 Å². The number of allylic oxidation sites excluding steroid dienone is 1. The zero-order valence-electron chi connectivity index (χ0n) is 15.5. The van der Waals surface area contributed by atoms with E-state index in [-0.39, 0.29) is 0 Å². The second-order valence-corrected chi connectivity index (χ2v) is 5.68. The first-order valence-electron chi connectivity index (χ1n) is 8.51. The highest BCUT2D eigenvalue weighted by Gasteiger charge is 2.00. The number of nitrogens with zero attached hydrogens (tertiary/aromatic N) is 4. The summed E-state index contributed by atoms with van der Waals surface area (Å²) in [6, 6.07) is 8.09. The van der Waals surface area contributed by atoms with Gasteiger partial charge in [0.25, 0.3) is 0 Å². The quantitative estimate of drug-likeness (QED) is 0.501. The Kier molecular flexibility index (Phi) is 8.33. The van der Waals surface area contributed by atoms with Gasteiger partial charge < -0.3 is 5.32 Å². The molecule has 0 saturated carbocycles. The van der Waals surface area contributed by atoms with Crippen LogP contribution in [0, 0.1) is 0 Å². The summed E-state index contributed by atoms with van der Waals surface area (Å²) >= 11 is 0. The minimum Gasteiger partial charge on any atom is -0.362 e. The number of aliphatic imine (C=N–C) groups is 2. The maximum Gasteiger partial charge on any atom is 0.115 e. The molecule has 0 radical (unpaired) electrons. The lowest BCUT2D eigenvalue weighted by molar-refractivity contribution is 0.759. The average molecular weight is 360 g/mol. The molecule has 0 bridgehead atoms. The fourth-order valence-corrected chi connectivity index (χ4v) is 2.37. The van der Waals surface area contributed by atoms with Crippen molar-refractivity contribution in [1.82, 2.24) is 15.3 Å². The van der Waals surface area contributed by atoms with Crippen molar-refractivity contribution in [2.24, 2.45) is 9.98 Å². The number of aromatic nitrogens is 2. The molecule has 2 aromatic rings. The molecule has 0 amide bonds. The molecule has 0 aliphatic rings. The lowest BCUT2D eigenvalue weighted by Crippen LogP contribution is -2.17. The topological polar surface area (TPSA) is 74.6 Å². The molecule has 1 heterocycles. The van der Waals surface area contributed by atoms with Crippen molar-refractivity contribution in [2.75, 3.05) is 18.5 Å². The minimum atomic E-state index is 0.462. The third kappa shape index (κ3) is 6.80. The highest BCUT2D eigenvalue weighted by atomic mass is 15.0. The largest absolute Gasteiger partial charge is 0.362 e. The van der Waals surface area contributed by atoms with Gasteiger partial charge in [-0.3, -0.25) is 15.3 Å². The van der Waals surface area contributed by atoms with Crippen molar-refractivity contribution in [3.05, 3.63) is 84.7 Å². The highest BCUT2D eigenvalue weighted by Crippen LogP contribution is 2.18. The van der Waals surface area contributed by atoms with Crippen LogP contribution >= 0.6 is 0 Å². The van der Waals surface area contributed by atoms with Crippen molar-refractivity contribution in [3.8, 4) is 0 Å². The lowest BCUT2D eigenvalue weighted by Gasteiger charge is -2.08. The summed E-state index contributed by atoms with van der Waals surface area (Å²) in [4.78, 5) is 16.3. The van der Waals surface area contributed by atoms with Gasteiger partial charge >= 0.3 is 0 Å². The van der Waals surface area contributed by atoms with Gasteiger partial charge in [0.1, 0.15) is 6.33 Å². The Morgan fingerprint density at radius 2 is 2.00 bits per heavy atom. The molecule has 2 rings (SSSR count). The van der Waals surface area contributed by atoms with Crippen LogP contribution in [0.3, 0.4) is 0 Å². The maximum atomic E-state index is 4.56. The van der Waals surface area contributed by atoms with Crippen molar-refractivity contribution in [3.63, 3.8) is 0 Å². The third-order valence-electron chi connectivity index (χ3n) is 3.58. The van der Waals surface area contributed by atoms with E-state index in [4.69, 9.17) is 0 Å². The van der Waals surface area contributed by atoms with Gasteiger partial charge in [0.05, 0.1) is 12.4 Å². The lowest BCUT2D eigenvalue weighted by atomic mass is 10.1. The molecule has 0 atom stereocenters. The van der Waals surface area contributed by atoms with E-state index in [2.05, 4.69) is 62.9 Å². The number of nitrogens with one attached hydrogen (secondary N) is 2. The highest BCUT2D eigenvalue weighted by molar-refractivity contribution is 6.08. The molecule has 138 valence electrons. The summed E-state index contributed by atoms with van der Waals surface area (Å²) in [5.74, 6) is 0. The van der Waals surface area contributed by atoms with Crippen LogP contribution in [0.2, 0.25) is 0 Å². The Labute approximate surface area is 160 Å². The summed E-state index contributed by atoms with van der Waals surface area (Å²) in [5.41, 5.74) is 4.91. The molecular formula is C21H24N6. The molecule has 27 heavy (non-hydrogen) atoms. The third-order valence-corrected chi connectivity index (χ3v) is 3.58. The maximum absolute atomic E-state index is 4.56. The van der Waals surface area contributed by atoms with Gasteiger partial charge in [-0.25, -0.2) is 9.97 Å². The SMILES string of the molecule is C=CNc1ccccc1/C=C(\C)CNCN=C(/C=C\N=C)c1cncnc1. The molecule has 0 aliphatic carbocycles. The van der Waals surface area contributed by atoms with E-state index in [0.29, 0.717) is 13.2 Å². The Morgan fingerprint density at radius 3 is 2.74 bits per heavy atom. The van der Waals surface area contributed by atoms with E-state index < -0.39 is 0 Å². The number of rotatable bonds is 10. The van der Waals surface area contributed by atoms with Crippen LogP contribution in [0.5, 0.6) is 0 Å². The molecule has 0 aliphatic heterocycles. The molecule has 2 N–H and O–H groups in total. The first-order chi connectivity index (χ1) is 13.2. The van der Waals surface area contributed by atoms with Crippen LogP contribution in [-0.2, 0) is 0 Å². The van der Waals surface area contributed by atoms with Crippen LogP contribution in [0.1, 0.15) is 18.1 Å². The number of anilines is 1. The molecule has 6 heteroatoms. The predicted octanol–water partition coefficient (Wildman–Crippen LogP) is 3.69. The van der Waals surface area contributed by atoms with E-state index in [1.165, 1.54) is 11.9 Å². The van der Waals surface area contributed by atoms with E-state index in [1.807, 2.05) is 18.2 Å². The molecule has 1 aromatic carbocycles. The van der Waals surface area contributed by atoms with Crippen LogP contribution < -0.4 is 10.6 Å². The number of hydrogen-bond donors (Lipinski definition) is 2. The van der Waals surface area contributed by atoms with Gasteiger partial charge in [0.15, 0.2) is 0 Å². The summed E-state index contributed by atoms with van der Waals surface area (Å²) in [6.07, 6.45) is 12.1. The van der Waals surface area contributed by atoms with Crippen LogP contribution in [-0.4, -0.2) is 35.6 Å². The average Bonchev–Trinajstić information content (AvgIpc) is 2.70. The van der Waals surface area contributed by atoms with E-state index in [1.54, 1.807) is 30.9 Å². The van der Waals surface area contributed by atoms with Crippen LogP contribution in [0.25, 0.3) is 6.08 Å². The first kappa shape index (κ1) is 19.9. The van der Waals surface area contributed by atoms with Gasteiger partial charge in [-0.1, -0.05) is 36.4 Å². The number of hydrogen-bond acceptors (Lipinski definition) is 6. The smallest absolute Gasteiger partial charge is 0.115 e. The summed E-state index contributed by atoms with van der Waals surface area (Å²) in [5, 5.41) is 6.46. The van der Waals surface area contributed by atoms with Gasteiger partial charge in [-0.15, -0.1) is 0 Å². The number of para-hydroxylation sites is 1. The minimum absolute atomic E-state index is 0.462. The first-order valence-corrected chi connectivity index (χ1v) is 8.51. The molecule has 0 unspecified atom stereocenters. The zero-order chi connectivity index (χ0) is 19.3. The second kappa shape index (κ2) is 11.3. The van der Waals surface area contributed by atoms with Gasteiger partial charge in [0, 0.05) is 36.4 Å². The zero-order valence-corrected chi connectivity index (χ0v) is 15.5. The normalized spacial score (nSPS) is 12.2. The predicted molar refractivity (Wildman–Crippen MR) is 114 cm³/mol. The second-order valence-electron chi connectivity index (χ2n) is 5.68. The molecule has 0 fully saturated rings. The summed E-state index contributed by atoms with van der Waals surface area (Å²) in [6.45, 7) is 10.4. The van der Waals surface area contributed by atoms with Crippen molar-refractivity contribution in [2.45, 2.75) is 6.92 Å². The van der Waals surface area contributed by atoms with Crippen molar-refractivity contribution in [1.29, 1.82) is 0 Å². The van der Waals surface area contributed by atoms with Crippen molar-refractivity contribution < 1.29 is 0 Å². The monoisotopic (exact) mass is 360 g/mol. The number of benzene rings is 1. The molecule has 0 spiro atoms. The van der Waals surface area contributed by atoms with E-state index >= 15 is 0 Å². The van der Waals surface area contributed by atoms with E-state index in [0.717, 1.165) is 22.5 Å². The van der Waals surface area contributed by atoms with Crippen LogP contribution in [0.4, 0.5) is 5.69 Å². The molecule has 1 aromatic heterocycles. The Hall–Kier alpha value is -3.38. The van der Waals surface area contributed by atoms with Crippen molar-refractivity contribution >= 4 is 24.2 Å². The summed E-state index contributed by atoms with van der Waals surface area (Å²) < 4.78 is 0. The summed E-state index contributed by atoms with van der Waals surface area (Å²) in [7, 11) is 0. The Bertz CT molecular complexity index is 837. The Morgan fingerprint density at radius 1 is 1.22 bits per heavy atom. The standard InChI is InChI=1S/C21H24N6/c1-4-26-20-8-6-5-7-18(20)11-17(2)12-23-16-27-21(9-10-22-3)19-13-24-15-25-14-19/h4-11,13-15,23,26H,1,3,12,16H2,2H3/b10-9-,17-11+,27-21?.